The number of carbonyl (C=O) groups is 2. The smallest absolute Gasteiger partial charge is 0.339 e. The lowest BCUT2D eigenvalue weighted by Gasteiger charge is -2.09. The van der Waals surface area contributed by atoms with Gasteiger partial charge in [0.15, 0.2) is 6.61 Å². The molecule has 0 aliphatic heterocycles. The highest BCUT2D eigenvalue weighted by Gasteiger charge is 2.10. The number of methoxy groups -OCH3 is 1. The molecule has 1 aromatic carbocycles. The average Bonchev–Trinajstić information content (AvgIpc) is 2.65. The Hall–Kier alpha value is -3.00. The monoisotopic (exact) mass is 362 g/mol. The molecule has 0 spiro atoms. The van der Waals surface area contributed by atoms with Crippen LogP contribution in [0.25, 0.3) is 11.3 Å². The van der Waals surface area contributed by atoms with Crippen LogP contribution in [0.1, 0.15) is 16.8 Å². The molecular weight excluding hydrogens is 343 g/mol. The number of aliphatic hydroxyl groups is 1. The number of rotatable bonds is 8. The Kier molecular flexibility index (Phi) is 7.04. The van der Waals surface area contributed by atoms with Gasteiger partial charge in [-0.1, -0.05) is 0 Å². The third-order valence-corrected chi connectivity index (χ3v) is 3.38. The molecule has 0 fully saturated rings. The van der Waals surface area contributed by atoms with Crippen molar-refractivity contribution in [1.82, 2.24) is 10.3 Å². The number of nitrogens with zero attached hydrogens (tertiary/aromatic N) is 1. The first-order chi connectivity index (χ1) is 12.5. The summed E-state index contributed by atoms with van der Waals surface area (Å²) >= 11 is 0. The molecule has 138 valence electrons. The number of halogens is 1. The quantitative estimate of drug-likeness (QED) is 0.546. The highest BCUT2D eigenvalue weighted by Crippen LogP contribution is 2.24. The van der Waals surface area contributed by atoms with Crippen molar-refractivity contribution in [2.45, 2.75) is 6.42 Å². The molecule has 2 rings (SSSR count). The summed E-state index contributed by atoms with van der Waals surface area (Å²) < 4.78 is 23.7. The number of esters is 1. The highest BCUT2D eigenvalue weighted by atomic mass is 19.1. The minimum atomic E-state index is -0.544. The van der Waals surface area contributed by atoms with E-state index in [9.17, 15) is 14.0 Å². The van der Waals surface area contributed by atoms with Crippen LogP contribution in [0.5, 0.6) is 5.75 Å². The average molecular weight is 362 g/mol. The molecule has 7 nitrogen and oxygen atoms in total. The second-order valence-electron chi connectivity index (χ2n) is 5.32. The number of hydrogen-bond acceptors (Lipinski definition) is 6. The van der Waals surface area contributed by atoms with Crippen molar-refractivity contribution in [2.24, 2.45) is 0 Å². The van der Waals surface area contributed by atoms with Gasteiger partial charge in [-0.15, -0.1) is 0 Å². The largest absolute Gasteiger partial charge is 0.484 e. The molecule has 26 heavy (non-hydrogen) atoms. The molecule has 1 heterocycles. The minimum absolute atomic E-state index is 0.0177. The minimum Gasteiger partial charge on any atom is -0.484 e. The summed E-state index contributed by atoms with van der Waals surface area (Å²) in [5, 5.41) is 11.2. The first kappa shape index (κ1) is 19.3. The topological polar surface area (TPSA) is 97.8 Å². The first-order valence-corrected chi connectivity index (χ1v) is 7.89. The highest BCUT2D eigenvalue weighted by molar-refractivity contribution is 5.89. The number of pyridine rings is 1. The lowest BCUT2D eigenvalue weighted by atomic mass is 10.1. The van der Waals surface area contributed by atoms with Gasteiger partial charge in [-0.2, -0.15) is 0 Å². The maximum atomic E-state index is 13.8. The van der Waals surface area contributed by atoms with E-state index in [-0.39, 0.29) is 30.4 Å². The molecule has 0 bridgehead atoms. The van der Waals surface area contributed by atoms with Crippen molar-refractivity contribution >= 4 is 11.9 Å². The summed E-state index contributed by atoms with van der Waals surface area (Å²) in [5.41, 5.74) is 1.16. The summed E-state index contributed by atoms with van der Waals surface area (Å²) in [6.45, 7) is 0.0444. The Balaban J connectivity index is 2.07. The third-order valence-electron chi connectivity index (χ3n) is 3.38. The van der Waals surface area contributed by atoms with E-state index < -0.39 is 11.8 Å². The number of benzene rings is 1. The van der Waals surface area contributed by atoms with Crippen LogP contribution in [0.2, 0.25) is 0 Å². The van der Waals surface area contributed by atoms with Crippen LogP contribution in [0.3, 0.4) is 0 Å². The Morgan fingerprint density at radius 2 is 2.08 bits per heavy atom. The summed E-state index contributed by atoms with van der Waals surface area (Å²) in [7, 11) is 1.27. The van der Waals surface area contributed by atoms with Crippen LogP contribution < -0.4 is 10.1 Å². The van der Waals surface area contributed by atoms with E-state index in [4.69, 9.17) is 9.84 Å². The standard InChI is InChI=1S/C18H19FN2O5/c1-25-18(24)12-3-4-16(21-10-12)13-7-14(19)9-15(8-13)26-11-17(23)20-5-2-6-22/h3-4,7-10,22H,2,5-6,11H2,1H3,(H,20,23). The first-order valence-electron chi connectivity index (χ1n) is 7.89. The number of aliphatic hydroxyl groups excluding tert-OH is 1. The lowest BCUT2D eigenvalue weighted by molar-refractivity contribution is -0.123. The second kappa shape index (κ2) is 9.47. The van der Waals surface area contributed by atoms with Crippen molar-refractivity contribution in [3.63, 3.8) is 0 Å². The zero-order valence-corrected chi connectivity index (χ0v) is 14.2. The molecular formula is C18H19FN2O5. The van der Waals surface area contributed by atoms with Gasteiger partial charge in [0.25, 0.3) is 5.91 Å². The molecule has 0 atom stereocenters. The fraction of sp³-hybridized carbons (Fsp3) is 0.278. The summed E-state index contributed by atoms with van der Waals surface area (Å²) in [6, 6.07) is 7.06. The number of aromatic nitrogens is 1. The molecule has 1 amide bonds. The van der Waals surface area contributed by atoms with E-state index in [2.05, 4.69) is 15.0 Å². The van der Waals surface area contributed by atoms with E-state index in [1.165, 1.54) is 25.4 Å². The lowest BCUT2D eigenvalue weighted by Crippen LogP contribution is -2.30. The number of nitrogens with one attached hydrogen (secondary N) is 1. The number of hydrogen-bond donors (Lipinski definition) is 2. The van der Waals surface area contributed by atoms with Crippen molar-refractivity contribution in [2.75, 3.05) is 26.9 Å². The van der Waals surface area contributed by atoms with Gasteiger partial charge in [0, 0.05) is 31.0 Å². The maximum Gasteiger partial charge on any atom is 0.339 e. The summed E-state index contributed by atoms with van der Waals surface area (Å²) in [5.74, 6) is -1.25. The van der Waals surface area contributed by atoms with E-state index in [1.807, 2.05) is 0 Å². The van der Waals surface area contributed by atoms with E-state index in [0.717, 1.165) is 6.07 Å². The van der Waals surface area contributed by atoms with Gasteiger partial charge in [0.1, 0.15) is 11.6 Å². The summed E-state index contributed by atoms with van der Waals surface area (Å²) in [6.07, 6.45) is 1.78. The van der Waals surface area contributed by atoms with E-state index >= 15 is 0 Å². The van der Waals surface area contributed by atoms with Gasteiger partial charge in [-0.25, -0.2) is 9.18 Å². The molecule has 0 saturated carbocycles. The number of carbonyl (C=O) groups excluding carboxylic acids is 2. The van der Waals surface area contributed by atoms with Crippen LogP contribution in [-0.2, 0) is 9.53 Å². The van der Waals surface area contributed by atoms with Crippen LogP contribution in [-0.4, -0.2) is 48.8 Å². The molecule has 0 aliphatic carbocycles. The number of amides is 1. The van der Waals surface area contributed by atoms with Crippen LogP contribution in [0, 0.1) is 5.82 Å². The van der Waals surface area contributed by atoms with Crippen molar-refractivity contribution in [3.8, 4) is 17.0 Å². The normalized spacial score (nSPS) is 10.3. The number of ether oxygens (including phenoxy) is 2. The van der Waals surface area contributed by atoms with E-state index in [0.29, 0.717) is 24.2 Å². The fourth-order valence-corrected chi connectivity index (χ4v) is 2.10. The Morgan fingerprint density at radius 1 is 1.27 bits per heavy atom. The third kappa shape index (κ3) is 5.52. The fourth-order valence-electron chi connectivity index (χ4n) is 2.10. The van der Waals surface area contributed by atoms with Gasteiger partial charge >= 0.3 is 5.97 Å². The zero-order valence-electron chi connectivity index (χ0n) is 14.2. The predicted molar refractivity (Wildman–Crippen MR) is 91.2 cm³/mol. The molecule has 0 aliphatic rings. The SMILES string of the molecule is COC(=O)c1ccc(-c2cc(F)cc(OCC(=O)NCCCO)c2)nc1. The molecule has 0 radical (unpaired) electrons. The Labute approximate surface area is 149 Å². The van der Waals surface area contributed by atoms with Gasteiger partial charge in [0.2, 0.25) is 0 Å². The van der Waals surface area contributed by atoms with Crippen molar-refractivity contribution in [3.05, 3.63) is 47.9 Å². The van der Waals surface area contributed by atoms with Gasteiger partial charge in [0.05, 0.1) is 18.4 Å². The van der Waals surface area contributed by atoms with Gasteiger partial charge in [-0.3, -0.25) is 9.78 Å². The summed E-state index contributed by atoms with van der Waals surface area (Å²) in [4.78, 5) is 27.1. The van der Waals surface area contributed by atoms with Crippen molar-refractivity contribution < 1.29 is 28.6 Å². The Morgan fingerprint density at radius 3 is 2.73 bits per heavy atom. The molecule has 2 aromatic rings. The molecule has 0 unspecified atom stereocenters. The van der Waals surface area contributed by atoms with Gasteiger partial charge < -0.3 is 19.9 Å². The second-order valence-corrected chi connectivity index (χ2v) is 5.32. The van der Waals surface area contributed by atoms with Crippen molar-refractivity contribution in [1.29, 1.82) is 0 Å². The van der Waals surface area contributed by atoms with Crippen LogP contribution in [0.4, 0.5) is 4.39 Å². The molecule has 1 aromatic heterocycles. The maximum absolute atomic E-state index is 13.8. The molecule has 8 heteroatoms. The van der Waals surface area contributed by atoms with Crippen LogP contribution in [0.15, 0.2) is 36.5 Å². The predicted octanol–water partition coefficient (Wildman–Crippen LogP) is 1.55. The van der Waals surface area contributed by atoms with E-state index in [1.54, 1.807) is 12.1 Å². The zero-order chi connectivity index (χ0) is 18.9. The van der Waals surface area contributed by atoms with Crippen LogP contribution >= 0.6 is 0 Å². The van der Waals surface area contributed by atoms with Gasteiger partial charge in [-0.05, 0) is 30.7 Å². The molecule has 2 N–H and O–H groups in total. The Bertz CT molecular complexity index is 765. The molecule has 0 saturated heterocycles.